The van der Waals surface area contributed by atoms with E-state index >= 15 is 0 Å². The van der Waals surface area contributed by atoms with E-state index < -0.39 is 9.85 Å². The molecule has 0 atom stereocenters. The van der Waals surface area contributed by atoms with Gasteiger partial charge < -0.3 is 4.74 Å². The van der Waals surface area contributed by atoms with Crippen LogP contribution in [0.25, 0.3) is 11.6 Å². The maximum atomic E-state index is 10.7. The predicted molar refractivity (Wildman–Crippen MR) is 110 cm³/mol. The monoisotopic (exact) mass is 401 g/mol. The standard InChI is InChI=1S/C22H15N3O5/c23-14-19(18-5-9-21(10-6-18)25(28)29)13-16-3-11-22(12-4-16)30-15-17-1-7-20(8-2-17)24(26)27/h1-13H,15H2/b19-13-. The molecule has 0 aliphatic rings. The molecule has 0 radical (unpaired) electrons. The van der Waals surface area contributed by atoms with Crippen molar-refractivity contribution in [2.75, 3.05) is 0 Å². The van der Waals surface area contributed by atoms with Crippen LogP contribution in [0.3, 0.4) is 0 Å². The Morgan fingerprint density at radius 3 is 1.90 bits per heavy atom. The third-order valence-corrected chi connectivity index (χ3v) is 4.25. The van der Waals surface area contributed by atoms with Crippen LogP contribution < -0.4 is 4.74 Å². The fraction of sp³-hybridized carbons (Fsp3) is 0.0455. The van der Waals surface area contributed by atoms with E-state index in [1.165, 1.54) is 36.4 Å². The van der Waals surface area contributed by atoms with Gasteiger partial charge in [-0.15, -0.1) is 0 Å². The summed E-state index contributed by atoms with van der Waals surface area (Å²) in [5, 5.41) is 30.8. The van der Waals surface area contributed by atoms with Gasteiger partial charge in [-0.1, -0.05) is 12.1 Å². The zero-order chi connectivity index (χ0) is 21.5. The van der Waals surface area contributed by atoms with Gasteiger partial charge in [0, 0.05) is 24.3 Å². The largest absolute Gasteiger partial charge is 0.489 e. The highest BCUT2D eigenvalue weighted by molar-refractivity contribution is 5.89. The van der Waals surface area contributed by atoms with Gasteiger partial charge in [0.2, 0.25) is 0 Å². The minimum atomic E-state index is -0.491. The highest BCUT2D eigenvalue weighted by atomic mass is 16.6. The lowest BCUT2D eigenvalue weighted by Gasteiger charge is -2.07. The number of hydrogen-bond acceptors (Lipinski definition) is 6. The Balaban J connectivity index is 1.67. The molecule has 30 heavy (non-hydrogen) atoms. The number of nitro groups is 2. The molecule has 0 aromatic heterocycles. The Morgan fingerprint density at radius 2 is 1.40 bits per heavy atom. The number of hydrogen-bond donors (Lipinski definition) is 0. The summed E-state index contributed by atoms with van der Waals surface area (Å²) < 4.78 is 5.68. The lowest BCUT2D eigenvalue weighted by Crippen LogP contribution is -1.96. The molecule has 3 rings (SSSR count). The maximum absolute atomic E-state index is 10.7. The molecule has 3 aromatic carbocycles. The van der Waals surface area contributed by atoms with Crippen LogP contribution in [0.15, 0.2) is 72.8 Å². The number of allylic oxidation sites excluding steroid dienone is 1. The molecule has 3 aromatic rings. The molecule has 0 heterocycles. The molecule has 8 nitrogen and oxygen atoms in total. The van der Waals surface area contributed by atoms with Gasteiger partial charge in [0.15, 0.2) is 0 Å². The highest BCUT2D eigenvalue weighted by Crippen LogP contribution is 2.22. The van der Waals surface area contributed by atoms with Crippen LogP contribution in [-0.2, 0) is 6.61 Å². The van der Waals surface area contributed by atoms with Gasteiger partial charge in [-0.05, 0) is 59.2 Å². The third kappa shape index (κ3) is 5.05. The Labute approximate surface area is 171 Å². The maximum Gasteiger partial charge on any atom is 0.269 e. The Hall–Kier alpha value is -4.51. The lowest BCUT2D eigenvalue weighted by molar-refractivity contribution is -0.385. The van der Waals surface area contributed by atoms with Gasteiger partial charge in [-0.25, -0.2) is 0 Å². The summed E-state index contributed by atoms with van der Waals surface area (Å²) in [4.78, 5) is 20.5. The van der Waals surface area contributed by atoms with Gasteiger partial charge in [0.05, 0.1) is 21.5 Å². The lowest BCUT2D eigenvalue weighted by atomic mass is 10.0. The molecule has 0 spiro atoms. The van der Waals surface area contributed by atoms with Crippen LogP contribution in [0.1, 0.15) is 16.7 Å². The topological polar surface area (TPSA) is 119 Å². The molecule has 0 aliphatic carbocycles. The molecule has 0 saturated heterocycles. The molecule has 8 heteroatoms. The first-order valence-electron chi connectivity index (χ1n) is 8.79. The van der Waals surface area contributed by atoms with Crippen molar-refractivity contribution < 1.29 is 14.6 Å². The second-order valence-electron chi connectivity index (χ2n) is 6.26. The van der Waals surface area contributed by atoms with Crippen LogP contribution in [-0.4, -0.2) is 9.85 Å². The summed E-state index contributed by atoms with van der Waals surface area (Å²) >= 11 is 0. The first kappa shape index (κ1) is 20.2. The van der Waals surface area contributed by atoms with Crippen LogP contribution in [0.4, 0.5) is 11.4 Å². The minimum Gasteiger partial charge on any atom is -0.489 e. The number of nitro benzene ring substituents is 2. The number of non-ortho nitro benzene ring substituents is 2. The summed E-state index contributed by atoms with van der Waals surface area (Å²) in [7, 11) is 0. The number of nitrogens with zero attached hydrogens (tertiary/aromatic N) is 3. The summed E-state index contributed by atoms with van der Waals surface area (Å²) in [5.41, 5.74) is 2.52. The molecule has 0 amide bonds. The molecule has 0 unspecified atom stereocenters. The predicted octanol–water partition coefficient (Wildman–Crippen LogP) is 5.15. The van der Waals surface area contributed by atoms with Crippen LogP contribution in [0, 0.1) is 31.6 Å². The molecular formula is C22H15N3O5. The van der Waals surface area contributed by atoms with Gasteiger partial charge in [0.25, 0.3) is 11.4 Å². The molecular weight excluding hydrogens is 386 g/mol. The third-order valence-electron chi connectivity index (χ3n) is 4.25. The van der Waals surface area contributed by atoms with Crippen LogP contribution in [0.2, 0.25) is 0 Å². The molecule has 0 saturated carbocycles. The van der Waals surface area contributed by atoms with E-state index in [9.17, 15) is 25.5 Å². The number of rotatable bonds is 7. The van der Waals surface area contributed by atoms with Crippen molar-refractivity contribution in [3.63, 3.8) is 0 Å². The number of ether oxygens (including phenoxy) is 1. The molecule has 148 valence electrons. The van der Waals surface area contributed by atoms with Crippen LogP contribution in [0.5, 0.6) is 5.75 Å². The first-order chi connectivity index (χ1) is 14.5. The van der Waals surface area contributed by atoms with Crippen molar-refractivity contribution in [1.82, 2.24) is 0 Å². The zero-order valence-electron chi connectivity index (χ0n) is 15.6. The smallest absolute Gasteiger partial charge is 0.269 e. The SMILES string of the molecule is N#C/C(=C/c1ccc(OCc2ccc([N+](=O)[O-])cc2)cc1)c1ccc([N+](=O)[O-])cc1. The summed E-state index contributed by atoms with van der Waals surface area (Å²) in [6.45, 7) is 0.263. The fourth-order valence-corrected chi connectivity index (χ4v) is 2.65. The summed E-state index contributed by atoms with van der Waals surface area (Å²) in [5.74, 6) is 0.611. The van der Waals surface area contributed by atoms with E-state index in [-0.39, 0.29) is 18.0 Å². The Morgan fingerprint density at radius 1 is 0.867 bits per heavy atom. The normalized spacial score (nSPS) is 10.8. The van der Waals surface area contributed by atoms with Gasteiger partial charge in [-0.3, -0.25) is 20.2 Å². The Kier molecular flexibility index (Phi) is 6.15. The van der Waals surface area contributed by atoms with Crippen molar-refractivity contribution in [2.24, 2.45) is 0 Å². The van der Waals surface area contributed by atoms with E-state index in [1.54, 1.807) is 42.5 Å². The van der Waals surface area contributed by atoms with E-state index in [0.29, 0.717) is 16.9 Å². The molecule has 0 N–H and O–H groups in total. The average Bonchev–Trinajstić information content (AvgIpc) is 2.77. The van der Waals surface area contributed by atoms with E-state index in [2.05, 4.69) is 6.07 Å². The van der Waals surface area contributed by atoms with Crippen LogP contribution >= 0.6 is 0 Å². The highest BCUT2D eigenvalue weighted by Gasteiger charge is 2.07. The van der Waals surface area contributed by atoms with Crippen molar-refractivity contribution >= 4 is 23.0 Å². The van der Waals surface area contributed by atoms with E-state index in [1.807, 2.05) is 0 Å². The average molecular weight is 401 g/mol. The van der Waals surface area contributed by atoms with E-state index in [0.717, 1.165) is 11.1 Å². The summed E-state index contributed by atoms with van der Waals surface area (Å²) in [6.07, 6.45) is 1.68. The minimum absolute atomic E-state index is 0.0243. The molecule has 0 bridgehead atoms. The van der Waals surface area contributed by atoms with Crippen molar-refractivity contribution in [3.05, 3.63) is 110 Å². The van der Waals surface area contributed by atoms with Crippen molar-refractivity contribution in [3.8, 4) is 11.8 Å². The quantitative estimate of drug-likeness (QED) is 0.234. The Bertz CT molecular complexity index is 1130. The van der Waals surface area contributed by atoms with Gasteiger partial charge in [0.1, 0.15) is 12.4 Å². The summed E-state index contributed by atoms with van der Waals surface area (Å²) in [6, 6.07) is 21.1. The second kappa shape index (κ2) is 9.12. The molecule has 0 aliphatic heterocycles. The van der Waals surface area contributed by atoms with Crippen molar-refractivity contribution in [2.45, 2.75) is 6.61 Å². The van der Waals surface area contributed by atoms with E-state index in [4.69, 9.17) is 4.74 Å². The second-order valence-corrected chi connectivity index (χ2v) is 6.26. The van der Waals surface area contributed by atoms with Gasteiger partial charge >= 0.3 is 0 Å². The van der Waals surface area contributed by atoms with Gasteiger partial charge in [-0.2, -0.15) is 5.26 Å². The zero-order valence-corrected chi connectivity index (χ0v) is 15.6. The first-order valence-corrected chi connectivity index (χ1v) is 8.79. The fourth-order valence-electron chi connectivity index (χ4n) is 2.65. The van der Waals surface area contributed by atoms with Crippen molar-refractivity contribution in [1.29, 1.82) is 5.26 Å². The number of nitriles is 1. The molecule has 0 fully saturated rings. The number of benzene rings is 3.